The molecule has 0 aromatic carbocycles. The van der Waals surface area contributed by atoms with Crippen molar-refractivity contribution in [3.8, 4) is 0 Å². The quantitative estimate of drug-likeness (QED) is 0.492. The van der Waals surface area contributed by atoms with Gasteiger partial charge in [0.05, 0.1) is 12.6 Å². The first kappa shape index (κ1) is 8.62. The van der Waals surface area contributed by atoms with Crippen molar-refractivity contribution in [3.63, 3.8) is 0 Å². The molecule has 1 N–H and O–H groups in total. The lowest BCUT2D eigenvalue weighted by Crippen LogP contribution is -2.25. The maximum absolute atomic E-state index is 9.98. The van der Waals surface area contributed by atoms with E-state index in [1.165, 1.54) is 0 Å². The summed E-state index contributed by atoms with van der Waals surface area (Å²) in [7, 11) is 1.74. The van der Waals surface area contributed by atoms with Gasteiger partial charge >= 0.3 is 0 Å². The van der Waals surface area contributed by atoms with Crippen LogP contribution in [-0.4, -0.2) is 19.7 Å². The van der Waals surface area contributed by atoms with Gasteiger partial charge in [0, 0.05) is 13.0 Å². The van der Waals surface area contributed by atoms with Gasteiger partial charge in [-0.3, -0.25) is 4.84 Å². The molecular weight excluding hydrogens is 144 g/mol. The summed E-state index contributed by atoms with van der Waals surface area (Å²) in [5.41, 5.74) is 2.65. The summed E-state index contributed by atoms with van der Waals surface area (Å²) in [5, 5.41) is 2.89. The fourth-order valence-electron chi connectivity index (χ4n) is 1.61. The van der Waals surface area contributed by atoms with Crippen LogP contribution in [0.1, 0.15) is 19.3 Å². The average Bonchev–Trinajstić information content (AvgIpc) is 2.39. The summed E-state index contributed by atoms with van der Waals surface area (Å²) < 4.78 is 0. The van der Waals surface area contributed by atoms with Gasteiger partial charge in [-0.2, -0.15) is 4.91 Å². The van der Waals surface area contributed by atoms with Gasteiger partial charge in [-0.15, -0.1) is 0 Å². The van der Waals surface area contributed by atoms with Gasteiger partial charge in [0.25, 0.3) is 0 Å². The van der Waals surface area contributed by atoms with E-state index >= 15 is 0 Å². The van der Waals surface area contributed by atoms with Crippen molar-refractivity contribution in [2.45, 2.75) is 25.4 Å². The molecule has 0 spiro atoms. The van der Waals surface area contributed by atoms with Crippen LogP contribution in [0.2, 0.25) is 0 Å². The Morgan fingerprint density at radius 1 is 1.64 bits per heavy atom. The van der Waals surface area contributed by atoms with Crippen LogP contribution in [0.15, 0.2) is 5.18 Å². The second kappa shape index (κ2) is 4.41. The van der Waals surface area contributed by atoms with Crippen LogP contribution >= 0.6 is 0 Å². The SMILES string of the molecule is CNOC1CCCC1CN=O. The largest absolute Gasteiger partial charge is 0.298 e. The van der Waals surface area contributed by atoms with Gasteiger partial charge in [0.2, 0.25) is 0 Å². The second-order valence-electron chi connectivity index (χ2n) is 2.86. The molecule has 0 bridgehead atoms. The molecule has 0 saturated heterocycles. The molecule has 1 saturated carbocycles. The molecule has 0 aromatic heterocycles. The Bertz CT molecular complexity index is 130. The zero-order valence-electron chi connectivity index (χ0n) is 6.75. The predicted octanol–water partition coefficient (Wildman–Crippen LogP) is 1.07. The van der Waals surface area contributed by atoms with Gasteiger partial charge in [-0.05, 0) is 12.8 Å². The number of nitrogens with one attached hydrogen (secondary N) is 1. The third kappa shape index (κ3) is 2.24. The summed E-state index contributed by atoms with van der Waals surface area (Å²) in [6.07, 6.45) is 3.45. The Balaban J connectivity index is 2.31. The van der Waals surface area contributed by atoms with Crippen LogP contribution in [0.4, 0.5) is 0 Å². The Morgan fingerprint density at radius 3 is 3.09 bits per heavy atom. The third-order valence-electron chi connectivity index (χ3n) is 2.17. The van der Waals surface area contributed by atoms with Crippen molar-refractivity contribution in [2.75, 3.05) is 13.6 Å². The van der Waals surface area contributed by atoms with Crippen LogP contribution in [-0.2, 0) is 4.84 Å². The van der Waals surface area contributed by atoms with Crippen molar-refractivity contribution in [3.05, 3.63) is 4.91 Å². The van der Waals surface area contributed by atoms with Crippen LogP contribution in [0, 0.1) is 10.8 Å². The van der Waals surface area contributed by atoms with Gasteiger partial charge in [0.15, 0.2) is 0 Å². The zero-order valence-corrected chi connectivity index (χ0v) is 6.75. The minimum atomic E-state index is 0.192. The molecule has 1 fully saturated rings. The second-order valence-corrected chi connectivity index (χ2v) is 2.86. The number of nitroso groups, excluding NO2 is 1. The van der Waals surface area contributed by atoms with Gasteiger partial charge < -0.3 is 0 Å². The lowest BCUT2D eigenvalue weighted by Gasteiger charge is -2.15. The maximum atomic E-state index is 9.98. The molecule has 2 atom stereocenters. The number of nitrogens with zero attached hydrogens (tertiary/aromatic N) is 1. The first-order valence-corrected chi connectivity index (χ1v) is 4.00. The summed E-state index contributed by atoms with van der Waals surface area (Å²) in [4.78, 5) is 15.2. The minimum Gasteiger partial charge on any atom is -0.298 e. The minimum absolute atomic E-state index is 0.192. The van der Waals surface area contributed by atoms with E-state index in [9.17, 15) is 4.91 Å². The average molecular weight is 158 g/mol. The highest BCUT2D eigenvalue weighted by atomic mass is 16.7. The molecule has 64 valence electrons. The molecule has 0 aliphatic heterocycles. The molecule has 0 aromatic rings. The van der Waals surface area contributed by atoms with Crippen LogP contribution < -0.4 is 5.48 Å². The first-order chi connectivity index (χ1) is 5.38. The smallest absolute Gasteiger partial charge is 0.0864 e. The summed E-state index contributed by atoms with van der Waals surface area (Å²) in [6, 6.07) is 0. The summed E-state index contributed by atoms with van der Waals surface area (Å²) in [5.74, 6) is 0.333. The maximum Gasteiger partial charge on any atom is 0.0864 e. The van der Waals surface area contributed by atoms with E-state index in [4.69, 9.17) is 4.84 Å². The molecule has 1 rings (SSSR count). The Hall–Kier alpha value is -0.480. The van der Waals surface area contributed by atoms with E-state index in [0.29, 0.717) is 12.5 Å². The highest BCUT2D eigenvalue weighted by molar-refractivity contribution is 4.78. The van der Waals surface area contributed by atoms with Gasteiger partial charge in [0.1, 0.15) is 0 Å². The number of rotatable bonds is 4. The van der Waals surface area contributed by atoms with Crippen LogP contribution in [0.3, 0.4) is 0 Å². The third-order valence-corrected chi connectivity index (χ3v) is 2.17. The lowest BCUT2D eigenvalue weighted by molar-refractivity contribution is -0.0297. The zero-order chi connectivity index (χ0) is 8.10. The number of hydrogen-bond acceptors (Lipinski definition) is 4. The van der Waals surface area contributed by atoms with E-state index in [1.54, 1.807) is 7.05 Å². The van der Waals surface area contributed by atoms with Crippen molar-refractivity contribution >= 4 is 0 Å². The topological polar surface area (TPSA) is 50.7 Å². The predicted molar refractivity (Wildman–Crippen MR) is 41.9 cm³/mol. The summed E-state index contributed by atoms with van der Waals surface area (Å²) >= 11 is 0. The van der Waals surface area contributed by atoms with Crippen molar-refractivity contribution < 1.29 is 4.84 Å². The number of hydroxylamine groups is 1. The molecule has 11 heavy (non-hydrogen) atoms. The molecule has 1 aliphatic carbocycles. The number of hydrogen-bond donors (Lipinski definition) is 1. The van der Waals surface area contributed by atoms with E-state index < -0.39 is 0 Å². The molecule has 4 nitrogen and oxygen atoms in total. The Kier molecular flexibility index (Phi) is 3.45. The van der Waals surface area contributed by atoms with Gasteiger partial charge in [-0.1, -0.05) is 11.6 Å². The molecule has 4 heteroatoms. The van der Waals surface area contributed by atoms with Crippen molar-refractivity contribution in [1.82, 2.24) is 5.48 Å². The molecule has 0 heterocycles. The standard InChI is InChI=1S/C7H14N2O2/c1-8-11-7-4-2-3-6(7)5-9-10/h6-8H,2-5H2,1H3. The van der Waals surface area contributed by atoms with E-state index in [-0.39, 0.29) is 6.10 Å². The van der Waals surface area contributed by atoms with Gasteiger partial charge in [-0.25, -0.2) is 5.48 Å². The fourth-order valence-corrected chi connectivity index (χ4v) is 1.61. The molecule has 0 radical (unpaired) electrons. The Morgan fingerprint density at radius 2 is 2.45 bits per heavy atom. The highest BCUT2D eigenvalue weighted by Crippen LogP contribution is 2.27. The first-order valence-electron chi connectivity index (χ1n) is 4.00. The van der Waals surface area contributed by atoms with E-state index in [1.807, 2.05) is 0 Å². The highest BCUT2D eigenvalue weighted by Gasteiger charge is 2.28. The van der Waals surface area contributed by atoms with E-state index in [0.717, 1.165) is 19.3 Å². The normalized spacial score (nSPS) is 30.6. The Labute approximate surface area is 66.2 Å². The van der Waals surface area contributed by atoms with Crippen LogP contribution in [0.5, 0.6) is 0 Å². The molecule has 2 unspecified atom stereocenters. The van der Waals surface area contributed by atoms with E-state index in [2.05, 4.69) is 10.7 Å². The van der Waals surface area contributed by atoms with Crippen molar-refractivity contribution in [1.29, 1.82) is 0 Å². The molecule has 0 amide bonds. The molecular formula is C7H14N2O2. The fraction of sp³-hybridized carbons (Fsp3) is 1.00. The molecule has 1 aliphatic rings. The summed E-state index contributed by atoms with van der Waals surface area (Å²) in [6.45, 7) is 0.395. The van der Waals surface area contributed by atoms with Crippen LogP contribution in [0.25, 0.3) is 0 Å². The van der Waals surface area contributed by atoms with Crippen molar-refractivity contribution in [2.24, 2.45) is 11.1 Å². The lowest BCUT2D eigenvalue weighted by atomic mass is 10.1. The monoisotopic (exact) mass is 158 g/mol.